The molecule has 0 spiro atoms. The Balaban J connectivity index is 1.84. The van der Waals surface area contributed by atoms with Crippen molar-refractivity contribution in [3.63, 3.8) is 0 Å². The molecule has 0 radical (unpaired) electrons. The molecule has 150 valence electrons. The summed E-state index contributed by atoms with van der Waals surface area (Å²) in [6.45, 7) is 5.21. The maximum absolute atomic E-state index is 12.8. The Kier molecular flexibility index (Phi) is 5.82. The molecule has 1 aliphatic heterocycles. The van der Waals surface area contributed by atoms with Gasteiger partial charge < -0.3 is 15.3 Å². The van der Waals surface area contributed by atoms with Crippen LogP contribution in [-0.4, -0.2) is 27.8 Å². The molecular weight excluding hydrogens is 368 g/mol. The zero-order valence-electron chi connectivity index (χ0n) is 16.7. The molecule has 2 amide bonds. The third-order valence-corrected chi connectivity index (χ3v) is 4.98. The summed E-state index contributed by atoms with van der Waals surface area (Å²) in [4.78, 5) is 38.2. The van der Waals surface area contributed by atoms with Crippen molar-refractivity contribution in [1.29, 1.82) is 0 Å². The smallest absolute Gasteiger partial charge is 0.330 e. The minimum Gasteiger partial charge on any atom is -0.479 e. The second-order valence-corrected chi connectivity index (χ2v) is 7.35. The largest absolute Gasteiger partial charge is 0.479 e. The van der Waals surface area contributed by atoms with E-state index in [0.717, 1.165) is 22.3 Å². The van der Waals surface area contributed by atoms with Crippen LogP contribution in [0, 0.1) is 13.8 Å². The van der Waals surface area contributed by atoms with E-state index in [-0.39, 0.29) is 12.3 Å². The summed E-state index contributed by atoms with van der Waals surface area (Å²) >= 11 is 0. The van der Waals surface area contributed by atoms with Gasteiger partial charge in [-0.1, -0.05) is 53.6 Å². The Hall–Kier alpha value is -3.41. The molecule has 29 heavy (non-hydrogen) atoms. The number of hydrogen-bond donors (Lipinski definition) is 2. The van der Waals surface area contributed by atoms with Crippen molar-refractivity contribution in [2.75, 3.05) is 0 Å². The van der Waals surface area contributed by atoms with E-state index in [1.54, 1.807) is 18.3 Å². The van der Waals surface area contributed by atoms with E-state index in [4.69, 9.17) is 0 Å². The normalized spacial score (nSPS) is 16.1. The SMILES string of the molecule is CC(=O)N1C=Cc2ccccc2C1CC(=O)NC(C(=O)O)c1cc(C)cc(C)c1. The number of amides is 2. The zero-order chi connectivity index (χ0) is 21.1. The molecule has 0 aromatic heterocycles. The number of aliphatic carboxylic acids is 1. The minimum atomic E-state index is -1.15. The zero-order valence-corrected chi connectivity index (χ0v) is 16.7. The molecule has 2 aromatic rings. The second kappa shape index (κ2) is 8.31. The fraction of sp³-hybridized carbons (Fsp3) is 0.261. The van der Waals surface area contributed by atoms with E-state index in [1.165, 1.54) is 11.8 Å². The van der Waals surface area contributed by atoms with Gasteiger partial charge >= 0.3 is 5.97 Å². The molecule has 0 fully saturated rings. The molecule has 6 heteroatoms. The Morgan fingerprint density at radius 2 is 1.76 bits per heavy atom. The van der Waals surface area contributed by atoms with Gasteiger partial charge in [-0.15, -0.1) is 0 Å². The topological polar surface area (TPSA) is 86.7 Å². The summed E-state index contributed by atoms with van der Waals surface area (Å²) in [5, 5.41) is 12.3. The van der Waals surface area contributed by atoms with Crippen LogP contribution in [0.15, 0.2) is 48.7 Å². The highest BCUT2D eigenvalue weighted by atomic mass is 16.4. The van der Waals surface area contributed by atoms with Crippen molar-refractivity contribution in [3.05, 3.63) is 76.5 Å². The number of carbonyl (C=O) groups excluding carboxylic acids is 2. The summed E-state index contributed by atoms with van der Waals surface area (Å²) in [6, 6.07) is 11.4. The molecule has 3 rings (SSSR count). The molecular formula is C23H24N2O4. The standard InChI is InChI=1S/C23H24N2O4/c1-14-10-15(2)12-18(11-14)22(23(28)29)24-21(27)13-20-19-7-5-4-6-17(19)8-9-25(20)16(3)26/h4-12,20,22H,13H2,1-3H3,(H,24,27)(H,28,29). The summed E-state index contributed by atoms with van der Waals surface area (Å²) in [5.41, 5.74) is 4.17. The highest BCUT2D eigenvalue weighted by molar-refractivity contribution is 5.86. The van der Waals surface area contributed by atoms with Crippen LogP contribution in [-0.2, 0) is 14.4 Å². The number of aryl methyl sites for hydroxylation is 2. The lowest BCUT2D eigenvalue weighted by Gasteiger charge is -2.32. The molecule has 2 aromatic carbocycles. The molecule has 0 bridgehead atoms. The quantitative estimate of drug-likeness (QED) is 0.815. The average Bonchev–Trinajstić information content (AvgIpc) is 2.65. The van der Waals surface area contributed by atoms with E-state index < -0.39 is 24.0 Å². The molecule has 1 heterocycles. The molecule has 6 nitrogen and oxygen atoms in total. The number of rotatable bonds is 5. The van der Waals surface area contributed by atoms with Gasteiger partial charge in [-0.25, -0.2) is 4.79 Å². The molecule has 2 unspecified atom stereocenters. The third kappa shape index (κ3) is 4.54. The van der Waals surface area contributed by atoms with Crippen LogP contribution in [0.3, 0.4) is 0 Å². The van der Waals surface area contributed by atoms with E-state index in [9.17, 15) is 19.5 Å². The summed E-state index contributed by atoms with van der Waals surface area (Å²) in [5.74, 6) is -1.74. The Bertz CT molecular complexity index is 976. The van der Waals surface area contributed by atoms with Gasteiger partial charge in [0.05, 0.1) is 12.5 Å². The molecule has 0 saturated carbocycles. The van der Waals surface area contributed by atoms with Crippen molar-refractivity contribution >= 4 is 23.9 Å². The van der Waals surface area contributed by atoms with Crippen LogP contribution in [0.4, 0.5) is 0 Å². The van der Waals surface area contributed by atoms with Crippen LogP contribution in [0.5, 0.6) is 0 Å². The predicted octanol–water partition coefficient (Wildman–Crippen LogP) is 3.51. The van der Waals surface area contributed by atoms with Crippen LogP contribution < -0.4 is 5.32 Å². The van der Waals surface area contributed by atoms with Crippen molar-refractivity contribution in [2.24, 2.45) is 0 Å². The van der Waals surface area contributed by atoms with Gasteiger partial charge in [0.25, 0.3) is 0 Å². The van der Waals surface area contributed by atoms with Gasteiger partial charge in [0, 0.05) is 13.1 Å². The summed E-state index contributed by atoms with van der Waals surface area (Å²) in [7, 11) is 0. The lowest BCUT2D eigenvalue weighted by Crippen LogP contribution is -2.38. The molecule has 2 atom stereocenters. The van der Waals surface area contributed by atoms with Crippen molar-refractivity contribution in [1.82, 2.24) is 10.2 Å². The average molecular weight is 392 g/mol. The number of carbonyl (C=O) groups is 3. The second-order valence-electron chi connectivity index (χ2n) is 7.35. The Morgan fingerprint density at radius 1 is 1.10 bits per heavy atom. The molecule has 0 saturated heterocycles. The number of nitrogens with zero attached hydrogens (tertiary/aromatic N) is 1. The van der Waals surface area contributed by atoms with E-state index in [0.29, 0.717) is 5.56 Å². The number of carboxylic acid groups (broad SMARTS) is 1. The minimum absolute atomic E-state index is 0.0322. The van der Waals surface area contributed by atoms with Gasteiger partial charge in [-0.2, -0.15) is 0 Å². The highest BCUT2D eigenvalue weighted by Crippen LogP contribution is 2.33. The van der Waals surface area contributed by atoms with Crippen molar-refractivity contribution < 1.29 is 19.5 Å². The lowest BCUT2D eigenvalue weighted by atomic mass is 9.93. The molecule has 0 aliphatic carbocycles. The fourth-order valence-electron chi connectivity index (χ4n) is 3.77. The number of benzene rings is 2. The maximum atomic E-state index is 12.8. The van der Waals surface area contributed by atoms with Crippen molar-refractivity contribution in [2.45, 2.75) is 39.3 Å². The van der Waals surface area contributed by atoms with Gasteiger partial charge in [-0.05, 0) is 36.6 Å². The number of nitrogens with one attached hydrogen (secondary N) is 1. The monoisotopic (exact) mass is 392 g/mol. The molecule has 1 aliphatic rings. The van der Waals surface area contributed by atoms with Gasteiger partial charge in [0.2, 0.25) is 11.8 Å². The van der Waals surface area contributed by atoms with Gasteiger partial charge in [0.15, 0.2) is 6.04 Å². The Labute approximate surface area is 169 Å². The Morgan fingerprint density at radius 3 is 2.38 bits per heavy atom. The third-order valence-electron chi connectivity index (χ3n) is 4.98. The lowest BCUT2D eigenvalue weighted by molar-refractivity contribution is -0.142. The fourth-order valence-corrected chi connectivity index (χ4v) is 3.77. The summed E-state index contributed by atoms with van der Waals surface area (Å²) in [6.07, 6.45) is 3.47. The van der Waals surface area contributed by atoms with Crippen molar-refractivity contribution in [3.8, 4) is 0 Å². The van der Waals surface area contributed by atoms with Gasteiger partial charge in [0.1, 0.15) is 0 Å². The van der Waals surface area contributed by atoms with Crippen LogP contribution in [0.1, 0.15) is 53.2 Å². The first kappa shape index (κ1) is 20.3. The first-order valence-corrected chi connectivity index (χ1v) is 9.42. The summed E-state index contributed by atoms with van der Waals surface area (Å²) < 4.78 is 0. The number of carboxylic acids is 1. The van der Waals surface area contributed by atoms with Crippen LogP contribution in [0.2, 0.25) is 0 Å². The first-order valence-electron chi connectivity index (χ1n) is 9.42. The van der Waals surface area contributed by atoms with Crippen LogP contribution >= 0.6 is 0 Å². The first-order chi connectivity index (χ1) is 13.8. The molecule has 2 N–H and O–H groups in total. The van der Waals surface area contributed by atoms with E-state index >= 15 is 0 Å². The highest BCUT2D eigenvalue weighted by Gasteiger charge is 2.30. The number of fused-ring (bicyclic) bond motifs is 1. The predicted molar refractivity (Wildman–Crippen MR) is 110 cm³/mol. The number of hydrogen-bond acceptors (Lipinski definition) is 3. The van der Waals surface area contributed by atoms with Gasteiger partial charge in [-0.3, -0.25) is 9.59 Å². The van der Waals surface area contributed by atoms with E-state index in [1.807, 2.05) is 50.3 Å². The maximum Gasteiger partial charge on any atom is 0.330 e. The van der Waals surface area contributed by atoms with Crippen LogP contribution in [0.25, 0.3) is 6.08 Å². The van der Waals surface area contributed by atoms with E-state index in [2.05, 4.69) is 5.32 Å².